The lowest BCUT2D eigenvalue weighted by molar-refractivity contribution is -0.115. The summed E-state index contributed by atoms with van der Waals surface area (Å²) in [5.41, 5.74) is 6.22. The van der Waals surface area contributed by atoms with E-state index in [1.54, 1.807) is 6.07 Å². The predicted molar refractivity (Wildman–Crippen MR) is 108 cm³/mol. The van der Waals surface area contributed by atoms with Gasteiger partial charge in [-0.1, -0.05) is 23.4 Å². The van der Waals surface area contributed by atoms with Crippen molar-refractivity contribution in [2.24, 2.45) is 0 Å². The fourth-order valence-corrected chi connectivity index (χ4v) is 2.69. The van der Waals surface area contributed by atoms with Crippen molar-refractivity contribution in [3.63, 3.8) is 0 Å². The Morgan fingerprint density at radius 1 is 0.893 bits per heavy atom. The second kappa shape index (κ2) is 8.08. The van der Waals surface area contributed by atoms with Gasteiger partial charge in [-0.3, -0.25) is 9.59 Å². The molecule has 2 aromatic carbocycles. The molecule has 6 heteroatoms. The molecule has 3 aromatic rings. The van der Waals surface area contributed by atoms with Crippen LogP contribution in [0.5, 0.6) is 0 Å². The number of nitrogens with zero attached hydrogens (tertiary/aromatic N) is 1. The number of amides is 2. The highest BCUT2D eigenvalue weighted by atomic mass is 16.5. The molecule has 0 aliphatic rings. The fourth-order valence-electron chi connectivity index (χ4n) is 2.69. The maximum Gasteiger partial charge on any atom is 0.273 e. The van der Waals surface area contributed by atoms with Gasteiger partial charge in [-0.05, 0) is 68.1 Å². The molecule has 28 heavy (non-hydrogen) atoms. The van der Waals surface area contributed by atoms with E-state index >= 15 is 0 Å². The first-order chi connectivity index (χ1) is 13.3. The van der Waals surface area contributed by atoms with Crippen LogP contribution in [0.1, 0.15) is 32.7 Å². The van der Waals surface area contributed by atoms with E-state index in [9.17, 15) is 9.59 Å². The zero-order valence-electron chi connectivity index (χ0n) is 16.4. The Morgan fingerprint density at radius 3 is 2.25 bits per heavy atom. The second-order valence-corrected chi connectivity index (χ2v) is 6.91. The van der Waals surface area contributed by atoms with Crippen molar-refractivity contribution < 1.29 is 14.1 Å². The number of rotatable bonds is 5. The number of nitrogens with one attached hydrogen (secondary N) is 2. The van der Waals surface area contributed by atoms with Crippen molar-refractivity contribution in [1.82, 2.24) is 10.5 Å². The lowest BCUT2D eigenvalue weighted by atomic mass is 10.0. The quantitative estimate of drug-likeness (QED) is 0.705. The van der Waals surface area contributed by atoms with E-state index < -0.39 is 5.91 Å². The van der Waals surface area contributed by atoms with Crippen LogP contribution in [-0.2, 0) is 4.79 Å². The Morgan fingerprint density at radius 2 is 1.57 bits per heavy atom. The molecule has 3 rings (SSSR count). The van der Waals surface area contributed by atoms with Crippen molar-refractivity contribution in [3.8, 4) is 11.3 Å². The molecule has 0 atom stereocenters. The average Bonchev–Trinajstić information content (AvgIpc) is 3.15. The van der Waals surface area contributed by atoms with E-state index in [4.69, 9.17) is 4.52 Å². The van der Waals surface area contributed by atoms with E-state index in [0.29, 0.717) is 11.4 Å². The summed E-state index contributed by atoms with van der Waals surface area (Å²) in [6.07, 6.45) is 0. The van der Waals surface area contributed by atoms with Gasteiger partial charge in [-0.25, -0.2) is 0 Å². The van der Waals surface area contributed by atoms with Crippen LogP contribution in [0, 0.1) is 27.7 Å². The Bertz CT molecular complexity index is 1040. The Hall–Kier alpha value is -3.41. The Labute approximate surface area is 163 Å². The zero-order chi connectivity index (χ0) is 20.3. The van der Waals surface area contributed by atoms with E-state index in [1.807, 2.05) is 64.1 Å². The van der Waals surface area contributed by atoms with Crippen LogP contribution in [-0.4, -0.2) is 23.5 Å². The molecular formula is C22H23N3O3. The number of anilines is 1. The van der Waals surface area contributed by atoms with Gasteiger partial charge in [0, 0.05) is 17.3 Å². The number of hydrogen-bond acceptors (Lipinski definition) is 4. The molecule has 0 fully saturated rings. The largest absolute Gasteiger partial charge is 0.355 e. The molecule has 144 valence electrons. The van der Waals surface area contributed by atoms with Gasteiger partial charge in [-0.2, -0.15) is 0 Å². The fraction of sp³-hybridized carbons (Fsp3) is 0.227. The number of benzene rings is 2. The SMILES string of the molecule is Cc1ccc(NC(=O)CNC(=O)c2cc(-c3ccc(C)c(C)c3)on2)cc1C. The van der Waals surface area contributed by atoms with E-state index in [1.165, 1.54) is 5.56 Å². The van der Waals surface area contributed by atoms with Gasteiger partial charge in [0.25, 0.3) is 5.91 Å². The number of carbonyl (C=O) groups is 2. The van der Waals surface area contributed by atoms with E-state index in [2.05, 4.69) is 15.8 Å². The maximum absolute atomic E-state index is 12.3. The standard InChI is InChI=1S/C22H23N3O3/c1-13-5-7-17(9-15(13)3)20-11-19(25-28-20)22(27)23-12-21(26)24-18-8-6-14(2)16(4)10-18/h5-11H,12H2,1-4H3,(H,23,27)(H,24,26). The highest BCUT2D eigenvalue weighted by Crippen LogP contribution is 2.23. The summed E-state index contributed by atoms with van der Waals surface area (Å²) in [5.74, 6) is -0.267. The molecule has 0 unspecified atom stereocenters. The highest BCUT2D eigenvalue weighted by Gasteiger charge is 2.15. The summed E-state index contributed by atoms with van der Waals surface area (Å²) >= 11 is 0. The molecule has 0 saturated carbocycles. The Balaban J connectivity index is 1.59. The van der Waals surface area contributed by atoms with Gasteiger partial charge >= 0.3 is 0 Å². The van der Waals surface area contributed by atoms with Crippen molar-refractivity contribution in [3.05, 3.63) is 70.4 Å². The molecular weight excluding hydrogens is 354 g/mol. The maximum atomic E-state index is 12.3. The molecule has 0 bridgehead atoms. The van der Waals surface area contributed by atoms with Crippen molar-refractivity contribution >= 4 is 17.5 Å². The molecule has 0 aliphatic heterocycles. The lowest BCUT2D eigenvalue weighted by Crippen LogP contribution is -2.33. The minimum Gasteiger partial charge on any atom is -0.355 e. The van der Waals surface area contributed by atoms with Crippen molar-refractivity contribution in [2.45, 2.75) is 27.7 Å². The summed E-state index contributed by atoms with van der Waals surface area (Å²) in [6, 6.07) is 13.1. The Kier molecular flexibility index (Phi) is 5.59. The van der Waals surface area contributed by atoms with Crippen LogP contribution in [0.25, 0.3) is 11.3 Å². The summed E-state index contributed by atoms with van der Waals surface area (Å²) in [5, 5.41) is 9.13. The molecule has 0 spiro atoms. The van der Waals surface area contributed by atoms with Crippen LogP contribution in [0.15, 0.2) is 47.0 Å². The summed E-state index contributed by atoms with van der Waals surface area (Å²) in [7, 11) is 0. The summed E-state index contributed by atoms with van der Waals surface area (Å²) in [4.78, 5) is 24.3. The first-order valence-corrected chi connectivity index (χ1v) is 9.03. The molecule has 6 nitrogen and oxygen atoms in total. The van der Waals surface area contributed by atoms with Crippen LogP contribution in [0.2, 0.25) is 0 Å². The van der Waals surface area contributed by atoms with Gasteiger partial charge in [-0.15, -0.1) is 0 Å². The number of aromatic nitrogens is 1. The number of hydrogen-bond donors (Lipinski definition) is 2. The van der Waals surface area contributed by atoms with Crippen LogP contribution in [0.3, 0.4) is 0 Å². The minimum atomic E-state index is -0.464. The molecule has 1 heterocycles. The third-order valence-electron chi connectivity index (χ3n) is 4.73. The molecule has 0 radical (unpaired) electrons. The predicted octanol–water partition coefficient (Wildman–Crippen LogP) is 3.94. The van der Waals surface area contributed by atoms with Gasteiger partial charge in [0.1, 0.15) is 0 Å². The first-order valence-electron chi connectivity index (χ1n) is 9.03. The normalized spacial score (nSPS) is 10.6. The highest BCUT2D eigenvalue weighted by molar-refractivity contribution is 5.98. The average molecular weight is 377 g/mol. The van der Waals surface area contributed by atoms with Crippen LogP contribution >= 0.6 is 0 Å². The zero-order valence-corrected chi connectivity index (χ0v) is 16.4. The number of carbonyl (C=O) groups excluding carboxylic acids is 2. The number of aryl methyl sites for hydroxylation is 4. The topological polar surface area (TPSA) is 84.2 Å². The molecule has 1 aromatic heterocycles. The smallest absolute Gasteiger partial charge is 0.273 e. The molecule has 2 N–H and O–H groups in total. The van der Waals surface area contributed by atoms with E-state index in [-0.39, 0.29) is 18.1 Å². The van der Waals surface area contributed by atoms with Gasteiger partial charge in [0.2, 0.25) is 5.91 Å². The molecule has 0 aliphatic carbocycles. The second-order valence-electron chi connectivity index (χ2n) is 6.91. The van der Waals surface area contributed by atoms with Crippen LogP contribution in [0.4, 0.5) is 5.69 Å². The van der Waals surface area contributed by atoms with Gasteiger partial charge in [0.15, 0.2) is 11.5 Å². The third-order valence-corrected chi connectivity index (χ3v) is 4.73. The monoisotopic (exact) mass is 377 g/mol. The minimum absolute atomic E-state index is 0.132. The van der Waals surface area contributed by atoms with Gasteiger partial charge < -0.3 is 15.2 Å². The van der Waals surface area contributed by atoms with Gasteiger partial charge in [0.05, 0.1) is 6.54 Å². The van der Waals surface area contributed by atoms with Crippen LogP contribution < -0.4 is 10.6 Å². The third kappa shape index (κ3) is 4.46. The summed E-state index contributed by atoms with van der Waals surface area (Å²) in [6.45, 7) is 7.87. The van der Waals surface area contributed by atoms with Crippen molar-refractivity contribution in [1.29, 1.82) is 0 Å². The van der Waals surface area contributed by atoms with Crippen molar-refractivity contribution in [2.75, 3.05) is 11.9 Å². The first kappa shape index (κ1) is 19.4. The lowest BCUT2D eigenvalue weighted by Gasteiger charge is -2.08. The summed E-state index contributed by atoms with van der Waals surface area (Å²) < 4.78 is 5.28. The molecule has 0 saturated heterocycles. The molecule has 2 amide bonds. The van der Waals surface area contributed by atoms with E-state index in [0.717, 1.165) is 22.3 Å².